The van der Waals surface area contributed by atoms with E-state index < -0.39 is 10.8 Å². The van der Waals surface area contributed by atoms with Gasteiger partial charge in [0.25, 0.3) is 5.69 Å². The Morgan fingerprint density at radius 3 is 2.83 bits per heavy atom. The molecule has 0 bridgehead atoms. The lowest BCUT2D eigenvalue weighted by Gasteiger charge is -2.11. The highest BCUT2D eigenvalue weighted by atomic mass is 32.1. The molecule has 1 aromatic carbocycles. The van der Waals surface area contributed by atoms with Gasteiger partial charge in [-0.3, -0.25) is 20.2 Å². The van der Waals surface area contributed by atoms with Crippen LogP contribution in [0.15, 0.2) is 47.1 Å². The summed E-state index contributed by atoms with van der Waals surface area (Å²) < 4.78 is 10.2. The summed E-state index contributed by atoms with van der Waals surface area (Å²) in [6.45, 7) is 0. The van der Waals surface area contributed by atoms with Crippen molar-refractivity contribution >= 4 is 40.7 Å². The number of amides is 1. The molecule has 0 unspecified atom stereocenters. The molecule has 124 valence electrons. The van der Waals surface area contributed by atoms with Gasteiger partial charge in [-0.1, -0.05) is 0 Å². The van der Waals surface area contributed by atoms with E-state index in [-0.39, 0.29) is 16.5 Å². The highest BCUT2D eigenvalue weighted by Crippen LogP contribution is 2.28. The average Bonchev–Trinajstić information content (AvgIpc) is 3.06. The average molecular weight is 347 g/mol. The molecule has 2 aromatic rings. The van der Waals surface area contributed by atoms with E-state index in [2.05, 4.69) is 10.6 Å². The number of nitrogens with zero attached hydrogens (tertiary/aromatic N) is 1. The van der Waals surface area contributed by atoms with Crippen LogP contribution in [0.2, 0.25) is 0 Å². The third-order valence-corrected chi connectivity index (χ3v) is 3.03. The molecule has 0 aliphatic heterocycles. The van der Waals surface area contributed by atoms with Crippen molar-refractivity contribution in [2.75, 3.05) is 12.4 Å². The van der Waals surface area contributed by atoms with Crippen LogP contribution < -0.4 is 15.4 Å². The van der Waals surface area contributed by atoms with Crippen LogP contribution in [-0.4, -0.2) is 23.1 Å². The number of anilines is 1. The summed E-state index contributed by atoms with van der Waals surface area (Å²) in [4.78, 5) is 22.0. The van der Waals surface area contributed by atoms with Crippen LogP contribution in [0.1, 0.15) is 5.76 Å². The van der Waals surface area contributed by atoms with Gasteiger partial charge in [-0.15, -0.1) is 0 Å². The second kappa shape index (κ2) is 7.88. The van der Waals surface area contributed by atoms with Gasteiger partial charge in [0.2, 0.25) is 5.91 Å². The van der Waals surface area contributed by atoms with Gasteiger partial charge in [0, 0.05) is 18.2 Å². The number of rotatable bonds is 5. The van der Waals surface area contributed by atoms with E-state index in [1.807, 2.05) is 0 Å². The van der Waals surface area contributed by atoms with Crippen molar-refractivity contribution in [1.82, 2.24) is 5.32 Å². The minimum absolute atomic E-state index is 0.0251. The summed E-state index contributed by atoms with van der Waals surface area (Å²) in [5.41, 5.74) is 0.136. The Morgan fingerprint density at radius 1 is 1.42 bits per heavy atom. The number of nitrogens with one attached hydrogen (secondary N) is 2. The zero-order chi connectivity index (χ0) is 17.5. The number of methoxy groups -OCH3 is 1. The number of furan rings is 1. The molecule has 0 aliphatic rings. The highest BCUT2D eigenvalue weighted by molar-refractivity contribution is 7.80. The summed E-state index contributed by atoms with van der Waals surface area (Å²) in [5.74, 6) is 0.390. The Kier molecular flexibility index (Phi) is 5.63. The molecule has 0 fully saturated rings. The molecule has 0 saturated carbocycles. The first kappa shape index (κ1) is 17.2. The van der Waals surface area contributed by atoms with Crippen LogP contribution in [0.3, 0.4) is 0 Å². The predicted molar refractivity (Wildman–Crippen MR) is 91.8 cm³/mol. The Labute approximate surface area is 142 Å². The van der Waals surface area contributed by atoms with Crippen LogP contribution in [0.4, 0.5) is 11.4 Å². The van der Waals surface area contributed by atoms with Gasteiger partial charge in [0.15, 0.2) is 5.11 Å². The van der Waals surface area contributed by atoms with Crippen molar-refractivity contribution in [3.05, 3.63) is 58.5 Å². The molecule has 1 aromatic heterocycles. The molecule has 24 heavy (non-hydrogen) atoms. The molecule has 2 N–H and O–H groups in total. The van der Waals surface area contributed by atoms with Gasteiger partial charge in [-0.05, 0) is 36.5 Å². The third-order valence-electron chi connectivity index (χ3n) is 2.82. The zero-order valence-electron chi connectivity index (χ0n) is 12.5. The number of ether oxygens (including phenoxy) is 1. The van der Waals surface area contributed by atoms with Crippen LogP contribution in [0, 0.1) is 10.1 Å². The minimum Gasteiger partial charge on any atom is -0.495 e. The largest absolute Gasteiger partial charge is 0.495 e. The smallest absolute Gasteiger partial charge is 0.271 e. The summed E-state index contributed by atoms with van der Waals surface area (Å²) in [7, 11) is 1.42. The molecule has 0 atom stereocenters. The number of non-ortho nitro benzene ring substituents is 1. The third kappa shape index (κ3) is 4.65. The minimum atomic E-state index is -0.543. The Morgan fingerprint density at radius 2 is 2.21 bits per heavy atom. The second-order valence-corrected chi connectivity index (χ2v) is 4.84. The van der Waals surface area contributed by atoms with E-state index in [0.29, 0.717) is 11.5 Å². The number of carbonyl (C=O) groups excluding carboxylic acids is 1. The number of benzene rings is 1. The SMILES string of the molecule is COc1ccc([N+](=O)[O-])cc1NC(=S)NC(=O)C=Cc1ccco1. The lowest BCUT2D eigenvalue weighted by atomic mass is 10.2. The molecule has 1 heterocycles. The Hall–Kier alpha value is -3.20. The van der Waals surface area contributed by atoms with Crippen LogP contribution >= 0.6 is 12.2 Å². The van der Waals surface area contributed by atoms with Crippen LogP contribution in [0.5, 0.6) is 5.75 Å². The fraction of sp³-hybridized carbons (Fsp3) is 0.0667. The Bertz CT molecular complexity index is 786. The summed E-state index contributed by atoms with van der Waals surface area (Å²) >= 11 is 5.02. The quantitative estimate of drug-likeness (QED) is 0.371. The van der Waals surface area contributed by atoms with Gasteiger partial charge in [-0.25, -0.2) is 0 Å². The van der Waals surface area contributed by atoms with Crippen molar-refractivity contribution in [2.24, 2.45) is 0 Å². The normalized spacial score (nSPS) is 10.4. The molecule has 2 rings (SSSR count). The fourth-order valence-corrected chi connectivity index (χ4v) is 1.97. The van der Waals surface area contributed by atoms with Gasteiger partial charge in [-0.2, -0.15) is 0 Å². The number of nitro benzene ring substituents is 1. The molecular formula is C15H13N3O5S. The molecule has 1 amide bonds. The second-order valence-electron chi connectivity index (χ2n) is 4.43. The standard InChI is InChI=1S/C15H13N3O5S/c1-22-13-6-4-10(18(20)21)9-12(13)16-15(24)17-14(19)7-5-11-3-2-8-23-11/h2-9H,1H3,(H2,16,17,19,24). The first-order valence-corrected chi connectivity index (χ1v) is 7.06. The lowest BCUT2D eigenvalue weighted by molar-refractivity contribution is -0.384. The van der Waals surface area contributed by atoms with Crippen molar-refractivity contribution < 1.29 is 18.9 Å². The predicted octanol–water partition coefficient (Wildman–Crippen LogP) is 2.72. The lowest BCUT2D eigenvalue weighted by Crippen LogP contribution is -2.32. The number of hydrogen-bond acceptors (Lipinski definition) is 6. The molecule has 0 aliphatic carbocycles. The first-order valence-electron chi connectivity index (χ1n) is 6.65. The van der Waals surface area contributed by atoms with E-state index in [9.17, 15) is 14.9 Å². The Balaban J connectivity index is 2.02. The van der Waals surface area contributed by atoms with E-state index in [1.165, 1.54) is 43.7 Å². The maximum atomic E-state index is 11.8. The van der Waals surface area contributed by atoms with E-state index in [4.69, 9.17) is 21.4 Å². The monoisotopic (exact) mass is 347 g/mol. The molecule has 0 saturated heterocycles. The van der Waals surface area contributed by atoms with E-state index in [1.54, 1.807) is 12.1 Å². The van der Waals surface area contributed by atoms with Gasteiger partial charge < -0.3 is 14.5 Å². The summed E-state index contributed by atoms with van der Waals surface area (Å²) in [5, 5.41) is 15.9. The summed E-state index contributed by atoms with van der Waals surface area (Å²) in [6.07, 6.45) is 4.21. The van der Waals surface area contributed by atoms with Crippen molar-refractivity contribution in [1.29, 1.82) is 0 Å². The number of carbonyl (C=O) groups is 1. The van der Waals surface area contributed by atoms with Crippen LogP contribution in [0.25, 0.3) is 6.08 Å². The maximum absolute atomic E-state index is 11.8. The highest BCUT2D eigenvalue weighted by Gasteiger charge is 2.13. The van der Waals surface area contributed by atoms with Crippen molar-refractivity contribution in [3.63, 3.8) is 0 Å². The van der Waals surface area contributed by atoms with Gasteiger partial charge in [0.05, 0.1) is 24.0 Å². The topological polar surface area (TPSA) is 107 Å². The van der Waals surface area contributed by atoms with Gasteiger partial charge >= 0.3 is 0 Å². The zero-order valence-corrected chi connectivity index (χ0v) is 13.3. The van der Waals surface area contributed by atoms with E-state index in [0.717, 1.165) is 0 Å². The number of hydrogen-bond donors (Lipinski definition) is 2. The van der Waals surface area contributed by atoms with Gasteiger partial charge in [0.1, 0.15) is 11.5 Å². The fourth-order valence-electron chi connectivity index (χ4n) is 1.76. The maximum Gasteiger partial charge on any atom is 0.271 e. The molecular weight excluding hydrogens is 334 g/mol. The number of thiocarbonyl (C=S) groups is 1. The molecule has 0 spiro atoms. The van der Waals surface area contributed by atoms with Crippen molar-refractivity contribution in [2.45, 2.75) is 0 Å². The first-order chi connectivity index (χ1) is 11.5. The number of nitro groups is 1. The molecule has 9 heteroatoms. The molecule has 8 nitrogen and oxygen atoms in total. The van der Waals surface area contributed by atoms with E-state index >= 15 is 0 Å². The van der Waals surface area contributed by atoms with Crippen molar-refractivity contribution in [3.8, 4) is 5.75 Å². The van der Waals surface area contributed by atoms with Crippen LogP contribution in [-0.2, 0) is 4.79 Å². The molecule has 0 radical (unpaired) electrons. The summed E-state index contributed by atoms with van der Waals surface area (Å²) in [6, 6.07) is 7.38.